The van der Waals surface area contributed by atoms with Crippen molar-refractivity contribution < 1.29 is 5.11 Å². The zero-order chi connectivity index (χ0) is 12.4. The van der Waals surface area contributed by atoms with E-state index >= 15 is 0 Å². The molecule has 1 heterocycles. The van der Waals surface area contributed by atoms with E-state index in [9.17, 15) is 5.11 Å². The summed E-state index contributed by atoms with van der Waals surface area (Å²) in [4.78, 5) is 5.63. The summed E-state index contributed by atoms with van der Waals surface area (Å²) in [6.45, 7) is 4.03. The lowest BCUT2D eigenvalue weighted by Crippen LogP contribution is -2.04. The van der Waals surface area contributed by atoms with E-state index in [0.29, 0.717) is 12.1 Å². The van der Waals surface area contributed by atoms with Crippen molar-refractivity contribution in [3.05, 3.63) is 45.4 Å². The molecule has 1 atom stereocenters. The van der Waals surface area contributed by atoms with Gasteiger partial charge in [-0.3, -0.25) is 0 Å². The fraction of sp³-hybridized carbons (Fsp3) is 0.308. The highest BCUT2D eigenvalue weighted by molar-refractivity contribution is 7.11. The van der Waals surface area contributed by atoms with Crippen molar-refractivity contribution in [1.29, 1.82) is 0 Å². The predicted octanol–water partition coefficient (Wildman–Crippen LogP) is 2.62. The molecule has 0 saturated carbocycles. The van der Waals surface area contributed by atoms with Crippen LogP contribution in [-0.4, -0.2) is 10.1 Å². The molecule has 0 aliphatic heterocycles. The fourth-order valence-electron chi connectivity index (χ4n) is 1.72. The molecule has 1 aromatic heterocycles. The van der Waals surface area contributed by atoms with E-state index in [-0.39, 0.29) is 0 Å². The molecule has 0 spiro atoms. The number of nitrogens with zero attached hydrogens (tertiary/aromatic N) is 1. The Hall–Kier alpha value is -1.39. The van der Waals surface area contributed by atoms with Crippen molar-refractivity contribution in [1.82, 2.24) is 4.98 Å². The first-order chi connectivity index (χ1) is 8.08. The van der Waals surface area contributed by atoms with Gasteiger partial charge in [-0.15, -0.1) is 11.3 Å². The van der Waals surface area contributed by atoms with Crippen LogP contribution in [-0.2, 0) is 6.42 Å². The van der Waals surface area contributed by atoms with Crippen molar-refractivity contribution >= 4 is 17.0 Å². The van der Waals surface area contributed by atoms with Crippen LogP contribution in [0, 0.1) is 13.8 Å². The maximum Gasteiger partial charge on any atom is 0.0960 e. The number of benzene rings is 1. The molecule has 0 aliphatic rings. The molecule has 0 fully saturated rings. The van der Waals surface area contributed by atoms with Crippen molar-refractivity contribution in [2.75, 3.05) is 5.73 Å². The highest BCUT2D eigenvalue weighted by Gasteiger charge is 2.14. The Morgan fingerprint density at radius 2 is 2.06 bits per heavy atom. The molecule has 0 amide bonds. The van der Waals surface area contributed by atoms with E-state index in [1.165, 1.54) is 4.88 Å². The Balaban J connectivity index is 2.17. The first-order valence-corrected chi connectivity index (χ1v) is 6.35. The van der Waals surface area contributed by atoms with Crippen LogP contribution in [0.5, 0.6) is 0 Å². The molecule has 1 unspecified atom stereocenters. The molecule has 0 saturated heterocycles. The molecular weight excluding hydrogens is 232 g/mol. The number of aliphatic hydroxyl groups is 1. The predicted molar refractivity (Wildman–Crippen MR) is 71.1 cm³/mol. The van der Waals surface area contributed by atoms with Crippen LogP contribution in [0.1, 0.15) is 27.2 Å². The van der Waals surface area contributed by atoms with Gasteiger partial charge in [0.05, 0.1) is 16.8 Å². The van der Waals surface area contributed by atoms with E-state index in [0.717, 1.165) is 16.3 Å². The smallest absolute Gasteiger partial charge is 0.0960 e. The molecular formula is C13H16N2OS. The van der Waals surface area contributed by atoms with Crippen LogP contribution in [0.15, 0.2) is 24.3 Å². The van der Waals surface area contributed by atoms with Crippen molar-refractivity contribution in [2.45, 2.75) is 26.4 Å². The molecule has 17 heavy (non-hydrogen) atoms. The van der Waals surface area contributed by atoms with Gasteiger partial charge in [0.1, 0.15) is 0 Å². The number of nitrogen functional groups attached to an aromatic ring is 1. The van der Waals surface area contributed by atoms with Gasteiger partial charge >= 0.3 is 0 Å². The molecule has 3 nitrogen and oxygen atoms in total. The third-order valence-electron chi connectivity index (χ3n) is 2.80. The average Bonchev–Trinajstić information content (AvgIpc) is 2.58. The fourth-order valence-corrected chi connectivity index (χ4v) is 2.69. The lowest BCUT2D eigenvalue weighted by molar-refractivity contribution is 0.179. The number of hydrogen-bond donors (Lipinski definition) is 2. The quantitative estimate of drug-likeness (QED) is 0.821. The van der Waals surface area contributed by atoms with E-state index in [1.807, 2.05) is 32.0 Å². The number of rotatable bonds is 3. The third kappa shape index (κ3) is 2.65. The number of aliphatic hydroxyl groups excluding tert-OH is 1. The molecule has 0 bridgehead atoms. The first kappa shape index (κ1) is 12.1. The number of aryl methyl sites for hydroxylation is 2. The Morgan fingerprint density at radius 3 is 2.65 bits per heavy atom. The van der Waals surface area contributed by atoms with Crippen molar-refractivity contribution in [3.63, 3.8) is 0 Å². The molecule has 0 radical (unpaired) electrons. The molecule has 1 aromatic carbocycles. The van der Waals surface area contributed by atoms with Crippen molar-refractivity contribution in [3.8, 4) is 0 Å². The lowest BCUT2D eigenvalue weighted by Gasteiger charge is -2.11. The molecule has 2 aromatic rings. The second-order valence-corrected chi connectivity index (χ2v) is 5.39. The normalized spacial score (nSPS) is 12.6. The summed E-state index contributed by atoms with van der Waals surface area (Å²) < 4.78 is 0. The van der Waals surface area contributed by atoms with Gasteiger partial charge in [0, 0.05) is 22.5 Å². The summed E-state index contributed by atoms with van der Waals surface area (Å²) in [5.74, 6) is 0. The standard InChI is InChI=1S/C13H16N2OS/c1-8-9(2)17-13(15-8)7-12(16)10-5-3-4-6-11(10)14/h3-6,12,16H,7,14H2,1-2H3. The van der Waals surface area contributed by atoms with E-state index in [2.05, 4.69) is 4.98 Å². The highest BCUT2D eigenvalue weighted by Crippen LogP contribution is 2.26. The maximum atomic E-state index is 10.1. The first-order valence-electron chi connectivity index (χ1n) is 5.53. The SMILES string of the molecule is Cc1nc(CC(O)c2ccccc2N)sc1C. The van der Waals surface area contributed by atoms with Crippen LogP contribution in [0.2, 0.25) is 0 Å². The number of aromatic nitrogens is 1. The van der Waals surface area contributed by atoms with Gasteiger partial charge in [-0.2, -0.15) is 0 Å². The number of nitrogens with two attached hydrogens (primary N) is 1. The molecule has 0 aliphatic carbocycles. The summed E-state index contributed by atoms with van der Waals surface area (Å²) in [5, 5.41) is 11.1. The Bertz CT molecular complexity index is 502. The lowest BCUT2D eigenvalue weighted by atomic mass is 10.1. The summed E-state index contributed by atoms with van der Waals surface area (Å²) in [6.07, 6.45) is -0.0609. The largest absolute Gasteiger partial charge is 0.398 e. The minimum atomic E-state index is -0.582. The second-order valence-electron chi connectivity index (χ2n) is 4.10. The van der Waals surface area contributed by atoms with E-state index in [4.69, 9.17) is 5.73 Å². The van der Waals surface area contributed by atoms with E-state index < -0.39 is 6.10 Å². The molecule has 2 rings (SSSR count). The van der Waals surface area contributed by atoms with Gasteiger partial charge in [-0.25, -0.2) is 4.98 Å². The molecule has 4 heteroatoms. The third-order valence-corrected chi connectivity index (χ3v) is 3.89. The average molecular weight is 248 g/mol. The number of para-hydroxylation sites is 1. The molecule has 3 N–H and O–H groups in total. The van der Waals surface area contributed by atoms with Crippen LogP contribution >= 0.6 is 11.3 Å². The highest BCUT2D eigenvalue weighted by atomic mass is 32.1. The van der Waals surface area contributed by atoms with Crippen LogP contribution in [0.25, 0.3) is 0 Å². The monoisotopic (exact) mass is 248 g/mol. The Kier molecular flexibility index (Phi) is 3.45. The van der Waals surface area contributed by atoms with Crippen LogP contribution in [0.4, 0.5) is 5.69 Å². The van der Waals surface area contributed by atoms with Crippen LogP contribution in [0.3, 0.4) is 0 Å². The zero-order valence-electron chi connectivity index (χ0n) is 9.97. The maximum absolute atomic E-state index is 10.1. The number of anilines is 1. The Morgan fingerprint density at radius 1 is 1.35 bits per heavy atom. The summed E-state index contributed by atoms with van der Waals surface area (Å²) in [6, 6.07) is 7.40. The minimum Gasteiger partial charge on any atom is -0.398 e. The van der Waals surface area contributed by atoms with Gasteiger partial charge in [0.15, 0.2) is 0 Å². The van der Waals surface area contributed by atoms with Gasteiger partial charge in [-0.05, 0) is 19.9 Å². The summed E-state index contributed by atoms with van der Waals surface area (Å²) in [7, 11) is 0. The Labute approximate surface area is 105 Å². The molecule has 90 valence electrons. The number of thiazole rings is 1. The van der Waals surface area contributed by atoms with Gasteiger partial charge in [0.25, 0.3) is 0 Å². The van der Waals surface area contributed by atoms with Crippen molar-refractivity contribution in [2.24, 2.45) is 0 Å². The van der Waals surface area contributed by atoms with E-state index in [1.54, 1.807) is 17.4 Å². The summed E-state index contributed by atoms with van der Waals surface area (Å²) in [5.41, 5.74) is 8.28. The topological polar surface area (TPSA) is 59.1 Å². The van der Waals surface area contributed by atoms with Gasteiger partial charge < -0.3 is 10.8 Å². The van der Waals surface area contributed by atoms with Gasteiger partial charge in [0.2, 0.25) is 0 Å². The minimum absolute atomic E-state index is 0.521. The zero-order valence-corrected chi connectivity index (χ0v) is 10.8. The second kappa shape index (κ2) is 4.85. The number of hydrogen-bond acceptors (Lipinski definition) is 4. The van der Waals surface area contributed by atoms with Gasteiger partial charge in [-0.1, -0.05) is 18.2 Å². The van der Waals surface area contributed by atoms with Crippen LogP contribution < -0.4 is 5.73 Å². The summed E-state index contributed by atoms with van der Waals surface area (Å²) >= 11 is 1.63.